The molecule has 0 saturated carbocycles. The minimum absolute atomic E-state index is 0.0682. The first-order valence-corrected chi connectivity index (χ1v) is 4.21. The van der Waals surface area contributed by atoms with Crippen LogP contribution in [0.15, 0.2) is 0 Å². The second-order valence-electron chi connectivity index (χ2n) is 3.03. The topological polar surface area (TPSA) is 87.9 Å². The summed E-state index contributed by atoms with van der Waals surface area (Å²) in [6.45, 7) is 1.62. The highest BCUT2D eigenvalue weighted by molar-refractivity contribution is 5.86. The first-order chi connectivity index (χ1) is 6.54. The minimum atomic E-state index is -0.977. The fourth-order valence-corrected chi connectivity index (χ4v) is 1.33. The molecule has 1 rings (SSSR count). The molecular weight excluding hydrogens is 190 g/mol. The number of ether oxygens (including phenoxy) is 3. The molecule has 1 heterocycles. The lowest BCUT2D eigenvalue weighted by Gasteiger charge is -2.31. The first kappa shape index (κ1) is 10.9. The molecule has 1 aliphatic heterocycles. The van der Waals surface area contributed by atoms with Crippen LogP contribution in [0.1, 0.15) is 13.3 Å². The summed E-state index contributed by atoms with van der Waals surface area (Å²) in [5, 5.41) is 0. The van der Waals surface area contributed by atoms with E-state index in [2.05, 4.69) is 4.74 Å². The molecule has 1 saturated heterocycles. The Kier molecular flexibility index (Phi) is 3.43. The molecule has 0 radical (unpaired) electrons. The van der Waals surface area contributed by atoms with Gasteiger partial charge in [-0.15, -0.1) is 0 Å². The van der Waals surface area contributed by atoms with Gasteiger partial charge in [0.1, 0.15) is 6.10 Å². The molecule has 0 unspecified atom stereocenters. The molecule has 1 amide bonds. The van der Waals surface area contributed by atoms with Crippen molar-refractivity contribution in [1.29, 1.82) is 0 Å². The second-order valence-corrected chi connectivity index (χ2v) is 3.03. The smallest absolute Gasteiger partial charge is 0.405 e. The Hall–Kier alpha value is -1.14. The number of Topliss-reactive ketones (excluding diaryl/α,β-unsaturated/α-hetero) is 1. The van der Waals surface area contributed by atoms with Crippen LogP contribution >= 0.6 is 0 Å². The lowest BCUT2D eigenvalue weighted by atomic mass is 10.0. The van der Waals surface area contributed by atoms with Crippen LogP contribution in [0.2, 0.25) is 0 Å². The molecule has 0 aromatic carbocycles. The van der Waals surface area contributed by atoms with E-state index in [1.807, 2.05) is 0 Å². The number of amides is 1. The highest BCUT2D eigenvalue weighted by Crippen LogP contribution is 2.19. The number of carbonyl (C=O) groups is 2. The van der Waals surface area contributed by atoms with Gasteiger partial charge in [-0.1, -0.05) is 0 Å². The second kappa shape index (κ2) is 4.39. The summed E-state index contributed by atoms with van der Waals surface area (Å²) < 4.78 is 14.7. The predicted octanol–water partition coefficient (Wildman–Crippen LogP) is -0.199. The number of ketones is 1. The van der Waals surface area contributed by atoms with E-state index in [4.69, 9.17) is 15.2 Å². The van der Waals surface area contributed by atoms with E-state index in [1.54, 1.807) is 6.92 Å². The number of hydrogen-bond donors (Lipinski definition) is 1. The first-order valence-electron chi connectivity index (χ1n) is 4.21. The van der Waals surface area contributed by atoms with Gasteiger partial charge in [0.05, 0.1) is 6.42 Å². The van der Waals surface area contributed by atoms with Gasteiger partial charge in [0.25, 0.3) is 0 Å². The van der Waals surface area contributed by atoms with Crippen LogP contribution in [0.3, 0.4) is 0 Å². The Labute approximate surface area is 81.3 Å². The maximum Gasteiger partial charge on any atom is 0.405 e. The maximum absolute atomic E-state index is 11.4. The number of nitrogens with two attached hydrogens (primary N) is 1. The molecule has 3 atom stereocenters. The summed E-state index contributed by atoms with van der Waals surface area (Å²) >= 11 is 0. The van der Waals surface area contributed by atoms with E-state index in [9.17, 15) is 9.59 Å². The molecule has 0 aliphatic carbocycles. The van der Waals surface area contributed by atoms with Gasteiger partial charge in [-0.25, -0.2) is 4.79 Å². The summed E-state index contributed by atoms with van der Waals surface area (Å²) in [5.74, 6) is -0.241. The van der Waals surface area contributed by atoms with Gasteiger partial charge in [0.2, 0.25) is 0 Å². The summed E-state index contributed by atoms with van der Waals surface area (Å²) in [6.07, 6.45) is -2.92. The fourth-order valence-electron chi connectivity index (χ4n) is 1.33. The van der Waals surface area contributed by atoms with Crippen LogP contribution in [0.4, 0.5) is 4.79 Å². The summed E-state index contributed by atoms with van der Waals surface area (Å²) in [7, 11) is 1.44. The lowest BCUT2D eigenvalue weighted by Crippen LogP contribution is -2.47. The highest BCUT2D eigenvalue weighted by Gasteiger charge is 2.37. The van der Waals surface area contributed by atoms with Gasteiger partial charge in [-0.05, 0) is 6.92 Å². The molecular formula is C8H13NO5. The van der Waals surface area contributed by atoms with Gasteiger partial charge in [0.15, 0.2) is 18.2 Å². The van der Waals surface area contributed by atoms with Crippen LogP contribution in [0, 0.1) is 0 Å². The van der Waals surface area contributed by atoms with E-state index in [0.29, 0.717) is 0 Å². The van der Waals surface area contributed by atoms with Crippen LogP contribution in [-0.4, -0.2) is 37.5 Å². The third-order valence-corrected chi connectivity index (χ3v) is 1.98. The van der Waals surface area contributed by atoms with Gasteiger partial charge in [-0.2, -0.15) is 0 Å². The average molecular weight is 203 g/mol. The SMILES string of the molecule is CO[C@@H]1CC(=O)[C@@H](OC(N)=O)[C@H](C)O1. The van der Waals surface area contributed by atoms with Crippen molar-refractivity contribution >= 4 is 11.9 Å². The number of hydrogen-bond acceptors (Lipinski definition) is 5. The molecule has 6 nitrogen and oxygen atoms in total. The molecule has 1 aliphatic rings. The molecule has 14 heavy (non-hydrogen) atoms. The lowest BCUT2D eigenvalue weighted by molar-refractivity contribution is -0.203. The monoisotopic (exact) mass is 203 g/mol. The summed E-state index contributed by atoms with van der Waals surface area (Å²) in [4.78, 5) is 21.9. The Morgan fingerprint density at radius 1 is 1.64 bits per heavy atom. The molecule has 6 heteroatoms. The third kappa shape index (κ3) is 2.43. The van der Waals surface area contributed by atoms with Crippen molar-refractivity contribution in [3.05, 3.63) is 0 Å². The predicted molar refractivity (Wildman–Crippen MR) is 45.4 cm³/mol. The van der Waals surface area contributed by atoms with Crippen LogP contribution in [0.25, 0.3) is 0 Å². The molecule has 0 spiro atoms. The molecule has 2 N–H and O–H groups in total. The highest BCUT2D eigenvalue weighted by atomic mass is 16.7. The molecule has 0 aromatic rings. The van der Waals surface area contributed by atoms with Crippen molar-refractivity contribution in [3.8, 4) is 0 Å². The van der Waals surface area contributed by atoms with Crippen molar-refractivity contribution in [2.75, 3.05) is 7.11 Å². The minimum Gasteiger partial charge on any atom is -0.436 e. The van der Waals surface area contributed by atoms with Gasteiger partial charge in [0, 0.05) is 7.11 Å². The molecule has 1 fully saturated rings. The molecule has 80 valence electrons. The van der Waals surface area contributed by atoms with Crippen molar-refractivity contribution in [2.24, 2.45) is 5.73 Å². The molecule has 0 bridgehead atoms. The van der Waals surface area contributed by atoms with Crippen LogP contribution in [0.5, 0.6) is 0 Å². The fraction of sp³-hybridized carbons (Fsp3) is 0.750. The Morgan fingerprint density at radius 2 is 2.29 bits per heavy atom. The zero-order chi connectivity index (χ0) is 10.7. The van der Waals surface area contributed by atoms with Gasteiger partial charge in [-0.3, -0.25) is 4.79 Å². The Morgan fingerprint density at radius 3 is 2.71 bits per heavy atom. The van der Waals surface area contributed by atoms with E-state index in [-0.39, 0.29) is 12.2 Å². The van der Waals surface area contributed by atoms with Crippen LogP contribution < -0.4 is 5.73 Å². The van der Waals surface area contributed by atoms with Crippen molar-refractivity contribution in [2.45, 2.75) is 31.8 Å². The molecule has 0 aromatic heterocycles. The zero-order valence-corrected chi connectivity index (χ0v) is 8.06. The number of carbonyl (C=O) groups excluding carboxylic acids is 2. The summed E-state index contributed by atoms with van der Waals surface area (Å²) in [6, 6.07) is 0. The van der Waals surface area contributed by atoms with E-state index in [0.717, 1.165) is 0 Å². The quantitative estimate of drug-likeness (QED) is 0.671. The number of primary amides is 1. The Bertz CT molecular complexity index is 242. The van der Waals surface area contributed by atoms with Crippen molar-refractivity contribution in [3.63, 3.8) is 0 Å². The average Bonchev–Trinajstić information content (AvgIpc) is 2.10. The normalized spacial score (nSPS) is 32.7. The van der Waals surface area contributed by atoms with E-state index >= 15 is 0 Å². The van der Waals surface area contributed by atoms with Crippen molar-refractivity contribution in [1.82, 2.24) is 0 Å². The summed E-state index contributed by atoms with van der Waals surface area (Å²) in [5.41, 5.74) is 4.81. The van der Waals surface area contributed by atoms with Crippen molar-refractivity contribution < 1.29 is 23.8 Å². The number of rotatable bonds is 2. The number of methoxy groups -OCH3 is 1. The maximum atomic E-state index is 11.4. The third-order valence-electron chi connectivity index (χ3n) is 1.98. The largest absolute Gasteiger partial charge is 0.436 e. The zero-order valence-electron chi connectivity index (χ0n) is 8.06. The van der Waals surface area contributed by atoms with E-state index < -0.39 is 24.6 Å². The van der Waals surface area contributed by atoms with Gasteiger partial charge < -0.3 is 19.9 Å². The Balaban J connectivity index is 2.60. The van der Waals surface area contributed by atoms with E-state index in [1.165, 1.54) is 7.11 Å². The van der Waals surface area contributed by atoms with Crippen LogP contribution in [-0.2, 0) is 19.0 Å². The van der Waals surface area contributed by atoms with Gasteiger partial charge >= 0.3 is 6.09 Å². The standard InChI is InChI=1S/C8H13NO5/c1-4-7(14-8(9)11)5(10)3-6(12-2)13-4/h4,6-7H,3H2,1-2H3,(H2,9,11)/t4-,6-,7-/m0/s1.